The SMILES string of the molecule is C=C(C)C(=O)OCC(CCCC)(OOC(=O)C(=C)C)Oc1ccccc1.CCO.CCO.CCO.CCO.CCO.CCO.CCO.CCO.CCO.CCO. The van der Waals surface area contributed by atoms with Gasteiger partial charge in [-0.1, -0.05) is 44.7 Å². The molecule has 0 bridgehead atoms. The fourth-order valence-electron chi connectivity index (χ4n) is 1.87. The molecule has 0 aliphatic rings. The van der Waals surface area contributed by atoms with Gasteiger partial charge in [0.15, 0.2) is 6.61 Å². The molecule has 0 aromatic heterocycles. The molecule has 0 fully saturated rings. The highest BCUT2D eigenvalue weighted by atomic mass is 17.2. The average Bonchev–Trinajstić information content (AvgIpc) is 3.12. The van der Waals surface area contributed by atoms with Crippen LogP contribution in [0.4, 0.5) is 0 Å². The van der Waals surface area contributed by atoms with Crippen LogP contribution in [0, 0.1) is 0 Å². The van der Waals surface area contributed by atoms with Gasteiger partial charge in [0.2, 0.25) is 0 Å². The van der Waals surface area contributed by atoms with Crippen molar-refractivity contribution in [1.82, 2.24) is 0 Å². The van der Waals surface area contributed by atoms with Gasteiger partial charge in [0.1, 0.15) is 5.75 Å². The number of aliphatic hydroxyl groups excluding tert-OH is 10. The van der Waals surface area contributed by atoms with E-state index in [1.165, 1.54) is 13.8 Å². The van der Waals surface area contributed by atoms with Gasteiger partial charge in [-0.05, 0) is 102 Å². The largest absolute Gasteiger partial charge is 0.455 e. The van der Waals surface area contributed by atoms with Crippen molar-refractivity contribution in [2.45, 2.75) is 115 Å². The molecule has 342 valence electrons. The molecule has 0 heterocycles. The molecule has 0 aliphatic carbocycles. The van der Waals surface area contributed by atoms with Crippen molar-refractivity contribution in [3.05, 3.63) is 54.6 Å². The first-order valence-electron chi connectivity index (χ1n) is 18.6. The number of carbonyl (C=O) groups excluding carboxylic acids is 2. The third kappa shape index (κ3) is 104. The molecule has 1 unspecified atom stereocenters. The number of esters is 1. The Morgan fingerprint density at radius 2 is 0.821 bits per heavy atom. The van der Waals surface area contributed by atoms with Crippen molar-refractivity contribution in [3.8, 4) is 5.75 Å². The zero-order chi connectivity index (χ0) is 46.7. The van der Waals surface area contributed by atoms with Crippen LogP contribution >= 0.6 is 0 Å². The van der Waals surface area contributed by atoms with Gasteiger partial charge in [-0.3, -0.25) is 4.89 Å². The lowest BCUT2D eigenvalue weighted by Crippen LogP contribution is -2.45. The Labute approximate surface area is 339 Å². The maximum Gasteiger partial charge on any atom is 0.368 e. The maximum atomic E-state index is 11.8. The second kappa shape index (κ2) is 80.5. The molecule has 0 saturated carbocycles. The van der Waals surface area contributed by atoms with E-state index in [1.807, 2.05) is 13.0 Å². The Balaban J connectivity index is -0.0000000715. The van der Waals surface area contributed by atoms with Gasteiger partial charge in [0.25, 0.3) is 5.79 Å². The average molecular weight is 823 g/mol. The smallest absolute Gasteiger partial charge is 0.368 e. The first-order chi connectivity index (χ1) is 26.4. The third-order valence-electron chi connectivity index (χ3n) is 3.35. The summed E-state index contributed by atoms with van der Waals surface area (Å²) >= 11 is 0. The van der Waals surface area contributed by atoms with Gasteiger partial charge in [0, 0.05) is 83.6 Å². The van der Waals surface area contributed by atoms with E-state index >= 15 is 0 Å². The summed E-state index contributed by atoms with van der Waals surface area (Å²) in [4.78, 5) is 33.7. The summed E-state index contributed by atoms with van der Waals surface area (Å²) in [6, 6.07) is 8.87. The van der Waals surface area contributed by atoms with Crippen molar-refractivity contribution < 1.29 is 79.9 Å². The molecule has 16 heteroatoms. The van der Waals surface area contributed by atoms with E-state index in [2.05, 4.69) is 13.2 Å². The first-order valence-corrected chi connectivity index (χ1v) is 18.6. The summed E-state index contributed by atoms with van der Waals surface area (Å²) in [5.41, 5.74) is 0.418. The van der Waals surface area contributed by atoms with Gasteiger partial charge in [-0.2, -0.15) is 0 Å². The van der Waals surface area contributed by atoms with Crippen LogP contribution in [0.1, 0.15) is 109 Å². The molecular formula is C40H86O16. The Hall–Kier alpha value is -3.00. The fraction of sp³-hybridized carbons (Fsp3) is 0.700. The molecule has 1 aromatic rings. The zero-order valence-corrected chi connectivity index (χ0v) is 37.1. The minimum atomic E-state index is -1.48. The lowest BCUT2D eigenvalue weighted by atomic mass is 10.1. The highest BCUT2D eigenvalue weighted by Crippen LogP contribution is 2.26. The monoisotopic (exact) mass is 823 g/mol. The first kappa shape index (κ1) is 77.5. The third-order valence-corrected chi connectivity index (χ3v) is 3.35. The van der Waals surface area contributed by atoms with Crippen molar-refractivity contribution >= 4 is 11.9 Å². The molecule has 56 heavy (non-hydrogen) atoms. The van der Waals surface area contributed by atoms with Crippen LogP contribution in [-0.2, 0) is 24.1 Å². The van der Waals surface area contributed by atoms with Crippen LogP contribution in [-0.4, -0.2) is 141 Å². The van der Waals surface area contributed by atoms with E-state index in [9.17, 15) is 9.59 Å². The lowest BCUT2D eigenvalue weighted by Gasteiger charge is -2.31. The standard InChI is InChI=1S/C20H26O6.10C2H6O/c1-6-7-13-20(14-23-18(21)15(2)3,26-25-19(22)16(4)5)24-17-11-9-8-10-12-17;10*1-2-3/h8-12H,2,4,6-7,13-14H2,1,3,5H3;10*3H,2H2,1H3. The van der Waals surface area contributed by atoms with Crippen molar-refractivity contribution in [2.75, 3.05) is 72.7 Å². The summed E-state index contributed by atoms with van der Waals surface area (Å²) in [6.45, 7) is 31.1. The Morgan fingerprint density at radius 1 is 0.536 bits per heavy atom. The van der Waals surface area contributed by atoms with Crippen LogP contribution < -0.4 is 4.74 Å². The number of ether oxygens (including phenoxy) is 2. The highest BCUT2D eigenvalue weighted by Gasteiger charge is 2.38. The molecular weight excluding hydrogens is 736 g/mol. The molecule has 0 radical (unpaired) electrons. The van der Waals surface area contributed by atoms with E-state index in [0.717, 1.165) is 6.42 Å². The minimum Gasteiger partial charge on any atom is -0.455 e. The highest BCUT2D eigenvalue weighted by molar-refractivity contribution is 5.87. The summed E-state index contributed by atoms with van der Waals surface area (Å²) in [7, 11) is 0. The minimum absolute atomic E-state index is 0.174. The molecule has 0 saturated heterocycles. The summed E-state index contributed by atoms with van der Waals surface area (Å²) < 4.78 is 11.2. The summed E-state index contributed by atoms with van der Waals surface area (Å²) in [5, 5.41) is 75.7. The summed E-state index contributed by atoms with van der Waals surface area (Å²) in [5.74, 6) is -2.30. The Morgan fingerprint density at radius 3 is 1.07 bits per heavy atom. The molecule has 0 aliphatic heterocycles. The number of para-hydroxylation sites is 1. The maximum absolute atomic E-state index is 11.8. The molecule has 0 spiro atoms. The van der Waals surface area contributed by atoms with Crippen molar-refractivity contribution in [1.29, 1.82) is 0 Å². The van der Waals surface area contributed by atoms with Gasteiger partial charge in [0.05, 0.1) is 0 Å². The zero-order valence-electron chi connectivity index (χ0n) is 37.1. The van der Waals surface area contributed by atoms with Gasteiger partial charge < -0.3 is 60.5 Å². The summed E-state index contributed by atoms with van der Waals surface area (Å²) in [6.07, 6.45) is 1.87. The number of hydrogen-bond acceptors (Lipinski definition) is 16. The molecule has 1 rings (SSSR count). The van der Waals surface area contributed by atoms with Crippen LogP contribution in [0.5, 0.6) is 5.75 Å². The normalized spacial score (nSPS) is 9.05. The van der Waals surface area contributed by atoms with Crippen LogP contribution in [0.3, 0.4) is 0 Å². The van der Waals surface area contributed by atoms with Gasteiger partial charge in [-0.15, -0.1) is 4.89 Å². The van der Waals surface area contributed by atoms with Crippen molar-refractivity contribution in [3.63, 3.8) is 0 Å². The number of carbonyl (C=O) groups is 2. The van der Waals surface area contributed by atoms with Crippen LogP contribution in [0.2, 0.25) is 0 Å². The molecule has 10 N–H and O–H groups in total. The quantitative estimate of drug-likeness (QED) is 0.0495. The van der Waals surface area contributed by atoms with E-state index in [-0.39, 0.29) is 83.8 Å². The van der Waals surface area contributed by atoms with Crippen LogP contribution in [0.25, 0.3) is 0 Å². The topological polar surface area (TPSA) is 273 Å². The van der Waals surface area contributed by atoms with E-state index < -0.39 is 17.7 Å². The number of unbranched alkanes of at least 4 members (excludes halogenated alkanes) is 1. The predicted octanol–water partition coefficient (Wildman–Crippen LogP) is 4.11. The van der Waals surface area contributed by atoms with Gasteiger partial charge >= 0.3 is 11.9 Å². The molecule has 16 nitrogen and oxygen atoms in total. The molecule has 1 aromatic carbocycles. The van der Waals surface area contributed by atoms with Crippen LogP contribution in [0.15, 0.2) is 54.6 Å². The predicted molar refractivity (Wildman–Crippen MR) is 225 cm³/mol. The fourth-order valence-corrected chi connectivity index (χ4v) is 1.87. The second-order valence-electron chi connectivity index (χ2n) is 9.18. The van der Waals surface area contributed by atoms with E-state index in [4.69, 9.17) is 70.3 Å². The number of aliphatic hydroxyl groups is 10. The lowest BCUT2D eigenvalue weighted by molar-refractivity contribution is -0.391. The molecule has 1 atom stereocenters. The van der Waals surface area contributed by atoms with Crippen molar-refractivity contribution in [2.24, 2.45) is 0 Å². The second-order valence-corrected chi connectivity index (χ2v) is 9.18. The Kier molecular flexibility index (Phi) is 111. The van der Waals surface area contributed by atoms with Gasteiger partial charge in [-0.25, -0.2) is 9.59 Å². The number of hydrogen-bond donors (Lipinski definition) is 10. The van der Waals surface area contributed by atoms with E-state index in [1.54, 1.807) is 93.5 Å². The number of benzene rings is 1. The molecule has 0 amide bonds. The Bertz CT molecular complexity index is 748. The number of rotatable bonds is 11. The van der Waals surface area contributed by atoms with E-state index in [0.29, 0.717) is 18.6 Å².